The van der Waals surface area contributed by atoms with Gasteiger partial charge in [0.2, 0.25) is 5.91 Å². The second-order valence-corrected chi connectivity index (χ2v) is 3.90. The molecule has 2 aromatic heterocycles. The summed E-state index contributed by atoms with van der Waals surface area (Å²) in [5.74, 6) is 0.487. The Morgan fingerprint density at radius 3 is 3.06 bits per heavy atom. The van der Waals surface area contributed by atoms with Gasteiger partial charge in [-0.05, 0) is 16.8 Å². The predicted molar refractivity (Wildman–Crippen MR) is 62.4 cm³/mol. The number of imidazole rings is 1. The van der Waals surface area contributed by atoms with Gasteiger partial charge >= 0.3 is 0 Å². The highest BCUT2D eigenvalue weighted by atomic mass is 16.1. The highest BCUT2D eigenvalue weighted by Gasteiger charge is 2.08. The van der Waals surface area contributed by atoms with Crippen molar-refractivity contribution < 1.29 is 4.79 Å². The van der Waals surface area contributed by atoms with Crippen LogP contribution in [0.1, 0.15) is 12.2 Å². The molecule has 1 amide bonds. The van der Waals surface area contributed by atoms with Gasteiger partial charge in [0.05, 0.1) is 12.7 Å². The Balaban J connectivity index is 1.65. The van der Waals surface area contributed by atoms with Crippen molar-refractivity contribution in [2.75, 3.05) is 6.54 Å². The average Bonchev–Trinajstić information content (AvgIpc) is 2.98. The number of amides is 1. The van der Waals surface area contributed by atoms with Crippen molar-refractivity contribution in [3.63, 3.8) is 0 Å². The first-order valence-electron chi connectivity index (χ1n) is 5.69. The highest BCUT2D eigenvalue weighted by molar-refractivity contribution is 5.77. The quantitative estimate of drug-likeness (QED) is 0.674. The van der Waals surface area contributed by atoms with E-state index in [0.29, 0.717) is 12.4 Å². The fourth-order valence-electron chi connectivity index (χ4n) is 1.51. The van der Waals surface area contributed by atoms with Crippen LogP contribution >= 0.6 is 0 Å². The van der Waals surface area contributed by atoms with Crippen LogP contribution in [-0.2, 0) is 24.8 Å². The minimum absolute atomic E-state index is 0.0708. The number of hydrogen-bond donors (Lipinski definition) is 1. The fraction of sp³-hybridized carbons (Fsp3) is 0.500. The number of carbonyl (C=O) groups excluding carboxylic acids is 1. The normalized spacial score (nSPS) is 10.5. The van der Waals surface area contributed by atoms with Crippen LogP contribution in [0.2, 0.25) is 0 Å². The molecule has 18 heavy (non-hydrogen) atoms. The van der Waals surface area contributed by atoms with E-state index in [1.54, 1.807) is 19.6 Å². The molecule has 8 nitrogen and oxygen atoms in total. The Labute approximate surface area is 104 Å². The Kier molecular flexibility index (Phi) is 4.00. The standard InChI is InChI=1S/C10H15N7O/c1-16-9(13-14-15-16)7-10(18)12-3-2-5-17-6-4-11-8-17/h4,6,8H,2-3,5,7H2,1H3,(H,12,18). The highest BCUT2D eigenvalue weighted by Crippen LogP contribution is 1.92. The summed E-state index contributed by atoms with van der Waals surface area (Å²) in [6.45, 7) is 1.47. The molecule has 0 atom stereocenters. The van der Waals surface area contributed by atoms with Crippen molar-refractivity contribution in [3.8, 4) is 0 Å². The van der Waals surface area contributed by atoms with Crippen LogP contribution in [0.4, 0.5) is 0 Å². The van der Waals surface area contributed by atoms with E-state index in [0.717, 1.165) is 13.0 Å². The first-order valence-corrected chi connectivity index (χ1v) is 5.69. The van der Waals surface area contributed by atoms with Crippen LogP contribution in [0.15, 0.2) is 18.7 Å². The topological polar surface area (TPSA) is 90.5 Å². The second-order valence-electron chi connectivity index (χ2n) is 3.90. The van der Waals surface area contributed by atoms with Crippen LogP contribution in [-0.4, -0.2) is 42.2 Å². The number of carbonyl (C=O) groups is 1. The lowest BCUT2D eigenvalue weighted by molar-refractivity contribution is -0.120. The lowest BCUT2D eigenvalue weighted by Gasteiger charge is -2.05. The van der Waals surface area contributed by atoms with E-state index in [4.69, 9.17) is 0 Å². The second kappa shape index (κ2) is 5.89. The number of hydrogen-bond acceptors (Lipinski definition) is 5. The largest absolute Gasteiger partial charge is 0.356 e. The maximum atomic E-state index is 11.6. The van der Waals surface area contributed by atoms with Crippen LogP contribution in [0, 0.1) is 0 Å². The summed E-state index contributed by atoms with van der Waals surface area (Å²) >= 11 is 0. The van der Waals surface area contributed by atoms with E-state index < -0.39 is 0 Å². The Morgan fingerprint density at radius 2 is 2.39 bits per heavy atom. The van der Waals surface area contributed by atoms with E-state index in [2.05, 4.69) is 25.8 Å². The van der Waals surface area contributed by atoms with Gasteiger partial charge in [0.1, 0.15) is 0 Å². The molecule has 0 saturated heterocycles. The molecule has 0 aromatic carbocycles. The molecule has 0 fully saturated rings. The lowest BCUT2D eigenvalue weighted by atomic mass is 10.3. The molecule has 0 bridgehead atoms. The minimum Gasteiger partial charge on any atom is -0.356 e. The average molecular weight is 249 g/mol. The van der Waals surface area contributed by atoms with E-state index in [1.807, 2.05) is 10.8 Å². The van der Waals surface area contributed by atoms with Crippen LogP contribution in [0.5, 0.6) is 0 Å². The zero-order valence-electron chi connectivity index (χ0n) is 10.2. The van der Waals surface area contributed by atoms with Gasteiger partial charge in [-0.1, -0.05) is 0 Å². The summed E-state index contributed by atoms with van der Waals surface area (Å²) in [5.41, 5.74) is 0. The van der Waals surface area contributed by atoms with Crippen molar-refractivity contribution in [2.24, 2.45) is 7.05 Å². The molecule has 2 heterocycles. The lowest BCUT2D eigenvalue weighted by Crippen LogP contribution is -2.27. The maximum absolute atomic E-state index is 11.6. The first-order chi connectivity index (χ1) is 8.75. The molecule has 8 heteroatoms. The van der Waals surface area contributed by atoms with Crippen molar-refractivity contribution in [3.05, 3.63) is 24.5 Å². The molecule has 2 rings (SSSR count). The molecular weight excluding hydrogens is 234 g/mol. The fourth-order valence-corrected chi connectivity index (χ4v) is 1.51. The number of nitrogens with one attached hydrogen (secondary N) is 1. The number of tetrazole rings is 1. The third-order valence-corrected chi connectivity index (χ3v) is 2.50. The van der Waals surface area contributed by atoms with E-state index in [-0.39, 0.29) is 12.3 Å². The number of nitrogens with zero attached hydrogens (tertiary/aromatic N) is 6. The summed E-state index contributed by atoms with van der Waals surface area (Å²) in [7, 11) is 1.71. The molecule has 96 valence electrons. The molecule has 0 aliphatic carbocycles. The Morgan fingerprint density at radius 1 is 1.50 bits per heavy atom. The summed E-state index contributed by atoms with van der Waals surface area (Å²) in [6, 6.07) is 0. The van der Waals surface area contributed by atoms with Crippen LogP contribution in [0.3, 0.4) is 0 Å². The first kappa shape index (κ1) is 12.2. The summed E-state index contributed by atoms with van der Waals surface area (Å²) in [5, 5.41) is 13.7. The Hall–Kier alpha value is -2.25. The molecule has 0 radical (unpaired) electrons. The Bertz CT molecular complexity index is 490. The van der Waals surface area contributed by atoms with Crippen LogP contribution < -0.4 is 5.32 Å². The predicted octanol–water partition coefficient (Wildman–Crippen LogP) is -0.844. The monoisotopic (exact) mass is 249 g/mol. The third kappa shape index (κ3) is 3.37. The summed E-state index contributed by atoms with van der Waals surface area (Å²) in [6.07, 6.45) is 6.45. The summed E-state index contributed by atoms with van der Waals surface area (Å²) < 4.78 is 3.46. The van der Waals surface area contributed by atoms with Gasteiger partial charge in [0.25, 0.3) is 0 Å². The molecule has 0 unspecified atom stereocenters. The SMILES string of the molecule is Cn1nnnc1CC(=O)NCCCn1ccnc1. The molecular formula is C10H15N7O. The van der Waals surface area contributed by atoms with Gasteiger partial charge in [0.15, 0.2) is 5.82 Å². The number of rotatable bonds is 6. The number of aryl methyl sites for hydroxylation is 2. The van der Waals surface area contributed by atoms with Gasteiger partial charge in [-0.25, -0.2) is 9.67 Å². The van der Waals surface area contributed by atoms with Gasteiger partial charge in [-0.15, -0.1) is 5.10 Å². The van der Waals surface area contributed by atoms with E-state index in [9.17, 15) is 4.79 Å². The molecule has 0 aliphatic heterocycles. The van der Waals surface area contributed by atoms with Crippen LogP contribution in [0.25, 0.3) is 0 Å². The molecule has 0 spiro atoms. The van der Waals surface area contributed by atoms with Crippen molar-refractivity contribution in [1.29, 1.82) is 0 Å². The van der Waals surface area contributed by atoms with E-state index in [1.165, 1.54) is 4.68 Å². The van der Waals surface area contributed by atoms with E-state index >= 15 is 0 Å². The van der Waals surface area contributed by atoms with Gasteiger partial charge in [-0.2, -0.15) is 0 Å². The maximum Gasteiger partial charge on any atom is 0.227 e. The van der Waals surface area contributed by atoms with Gasteiger partial charge < -0.3 is 9.88 Å². The smallest absolute Gasteiger partial charge is 0.227 e. The minimum atomic E-state index is -0.0708. The zero-order chi connectivity index (χ0) is 12.8. The zero-order valence-corrected chi connectivity index (χ0v) is 10.2. The summed E-state index contributed by atoms with van der Waals surface area (Å²) in [4.78, 5) is 15.5. The van der Waals surface area contributed by atoms with Gasteiger partial charge in [-0.3, -0.25) is 4.79 Å². The number of aromatic nitrogens is 6. The molecule has 0 aliphatic rings. The molecule has 1 N–H and O–H groups in total. The van der Waals surface area contributed by atoms with Crippen molar-refractivity contribution in [2.45, 2.75) is 19.4 Å². The van der Waals surface area contributed by atoms with Crippen molar-refractivity contribution >= 4 is 5.91 Å². The third-order valence-electron chi connectivity index (χ3n) is 2.50. The van der Waals surface area contributed by atoms with Gasteiger partial charge in [0, 0.05) is 32.5 Å². The molecule has 0 saturated carbocycles. The molecule has 2 aromatic rings. The van der Waals surface area contributed by atoms with Crippen molar-refractivity contribution in [1.82, 2.24) is 35.1 Å².